The first-order valence-electron chi connectivity index (χ1n) is 7.30. The van der Waals surface area contributed by atoms with E-state index < -0.39 is 0 Å². The largest absolute Gasteiger partial charge is 0.356 e. The minimum absolute atomic E-state index is 0. The van der Waals surface area contributed by atoms with Crippen LogP contribution in [-0.2, 0) is 6.42 Å². The van der Waals surface area contributed by atoms with E-state index in [2.05, 4.69) is 46.8 Å². The van der Waals surface area contributed by atoms with Gasteiger partial charge in [-0.05, 0) is 31.7 Å². The lowest BCUT2D eigenvalue weighted by molar-refractivity contribution is 0.613. The normalized spacial score (nSPS) is 15.8. The molecule has 1 aromatic carbocycles. The van der Waals surface area contributed by atoms with Gasteiger partial charge in [-0.15, -0.1) is 24.0 Å². The van der Waals surface area contributed by atoms with Crippen molar-refractivity contribution >= 4 is 29.9 Å². The number of nitrogens with one attached hydrogen (secondary N) is 2. The summed E-state index contributed by atoms with van der Waals surface area (Å²) in [5.74, 6) is 0.944. The van der Waals surface area contributed by atoms with Crippen LogP contribution < -0.4 is 10.6 Å². The molecule has 1 fully saturated rings. The Bertz CT molecular complexity index is 425. The smallest absolute Gasteiger partial charge is 0.191 e. The third-order valence-electron chi connectivity index (χ3n) is 3.71. The number of hydrogen-bond donors (Lipinski definition) is 2. The van der Waals surface area contributed by atoms with Crippen LogP contribution in [0.2, 0.25) is 0 Å². The van der Waals surface area contributed by atoms with Gasteiger partial charge in [-0.2, -0.15) is 0 Å². The van der Waals surface area contributed by atoms with E-state index >= 15 is 0 Å². The van der Waals surface area contributed by atoms with Crippen molar-refractivity contribution in [2.45, 2.75) is 45.1 Å². The molecule has 0 aromatic heterocycles. The van der Waals surface area contributed by atoms with Crippen LogP contribution in [0.3, 0.4) is 0 Å². The zero-order valence-electron chi connectivity index (χ0n) is 12.5. The SMILES string of the molecule is CN=C(NCCc1cccc(C)c1)NC1CCCC1.I. The van der Waals surface area contributed by atoms with Crippen molar-refractivity contribution < 1.29 is 0 Å². The molecule has 0 radical (unpaired) electrons. The molecule has 2 N–H and O–H groups in total. The molecule has 1 aliphatic carbocycles. The Hall–Kier alpha value is -0.780. The molecular weight excluding hydrogens is 361 g/mol. The van der Waals surface area contributed by atoms with E-state index in [0.29, 0.717) is 6.04 Å². The highest BCUT2D eigenvalue weighted by atomic mass is 127. The molecule has 0 unspecified atom stereocenters. The number of rotatable bonds is 4. The van der Waals surface area contributed by atoms with Crippen molar-refractivity contribution in [3.63, 3.8) is 0 Å². The number of aliphatic imine (C=N–C) groups is 1. The third-order valence-corrected chi connectivity index (χ3v) is 3.71. The van der Waals surface area contributed by atoms with E-state index in [1.807, 2.05) is 7.05 Å². The van der Waals surface area contributed by atoms with Crippen LogP contribution in [0, 0.1) is 6.92 Å². The van der Waals surface area contributed by atoms with Gasteiger partial charge in [0.05, 0.1) is 0 Å². The minimum atomic E-state index is 0. The fraction of sp³-hybridized carbons (Fsp3) is 0.562. The highest BCUT2D eigenvalue weighted by Crippen LogP contribution is 2.17. The third kappa shape index (κ3) is 5.69. The second-order valence-corrected chi connectivity index (χ2v) is 5.36. The van der Waals surface area contributed by atoms with E-state index in [9.17, 15) is 0 Å². The summed E-state index contributed by atoms with van der Waals surface area (Å²) < 4.78 is 0. The lowest BCUT2D eigenvalue weighted by Gasteiger charge is -2.16. The van der Waals surface area contributed by atoms with Gasteiger partial charge in [0.25, 0.3) is 0 Å². The fourth-order valence-electron chi connectivity index (χ4n) is 2.65. The lowest BCUT2D eigenvalue weighted by atomic mass is 10.1. The summed E-state index contributed by atoms with van der Waals surface area (Å²) in [7, 11) is 1.84. The van der Waals surface area contributed by atoms with Crippen molar-refractivity contribution in [2.24, 2.45) is 4.99 Å². The van der Waals surface area contributed by atoms with Crippen molar-refractivity contribution in [2.75, 3.05) is 13.6 Å². The first kappa shape index (κ1) is 17.3. The summed E-state index contributed by atoms with van der Waals surface area (Å²) in [5, 5.41) is 6.91. The monoisotopic (exact) mass is 387 g/mol. The average Bonchev–Trinajstić information content (AvgIpc) is 2.90. The van der Waals surface area contributed by atoms with Gasteiger partial charge >= 0.3 is 0 Å². The molecular formula is C16H26IN3. The Balaban J connectivity index is 0.00000200. The summed E-state index contributed by atoms with van der Waals surface area (Å²) in [5.41, 5.74) is 2.70. The number of nitrogens with zero attached hydrogens (tertiary/aromatic N) is 1. The molecule has 4 heteroatoms. The summed E-state index contributed by atoms with van der Waals surface area (Å²) >= 11 is 0. The number of guanidine groups is 1. The Morgan fingerprint density at radius 3 is 2.70 bits per heavy atom. The maximum Gasteiger partial charge on any atom is 0.191 e. The van der Waals surface area contributed by atoms with Crippen molar-refractivity contribution in [1.29, 1.82) is 0 Å². The predicted molar refractivity (Wildman–Crippen MR) is 97.1 cm³/mol. The quantitative estimate of drug-likeness (QED) is 0.473. The molecule has 0 bridgehead atoms. The molecule has 0 aliphatic heterocycles. The second-order valence-electron chi connectivity index (χ2n) is 5.36. The maximum atomic E-state index is 4.29. The first-order chi connectivity index (χ1) is 9.28. The molecule has 3 nitrogen and oxygen atoms in total. The fourth-order valence-corrected chi connectivity index (χ4v) is 2.65. The van der Waals surface area contributed by atoms with Crippen molar-refractivity contribution in [3.05, 3.63) is 35.4 Å². The zero-order chi connectivity index (χ0) is 13.5. The summed E-state index contributed by atoms with van der Waals surface area (Å²) in [6, 6.07) is 9.30. The zero-order valence-corrected chi connectivity index (χ0v) is 14.8. The highest BCUT2D eigenvalue weighted by molar-refractivity contribution is 14.0. The van der Waals surface area contributed by atoms with Crippen LogP contribution in [0.5, 0.6) is 0 Å². The topological polar surface area (TPSA) is 36.4 Å². The molecule has 0 spiro atoms. The van der Waals surface area contributed by atoms with E-state index in [-0.39, 0.29) is 24.0 Å². The Morgan fingerprint density at radius 1 is 1.30 bits per heavy atom. The number of halogens is 1. The Labute approximate surface area is 139 Å². The van der Waals surface area contributed by atoms with Crippen LogP contribution in [0.15, 0.2) is 29.3 Å². The molecule has 1 aromatic rings. The van der Waals surface area contributed by atoms with Gasteiger partial charge in [0.15, 0.2) is 5.96 Å². The number of hydrogen-bond acceptors (Lipinski definition) is 1. The Morgan fingerprint density at radius 2 is 2.05 bits per heavy atom. The van der Waals surface area contributed by atoms with Crippen LogP contribution in [0.4, 0.5) is 0 Å². The van der Waals surface area contributed by atoms with Gasteiger partial charge in [-0.1, -0.05) is 42.7 Å². The van der Waals surface area contributed by atoms with Crippen LogP contribution in [0.25, 0.3) is 0 Å². The van der Waals surface area contributed by atoms with Gasteiger partial charge in [-0.3, -0.25) is 4.99 Å². The molecule has 0 heterocycles. The van der Waals surface area contributed by atoms with Crippen LogP contribution in [-0.4, -0.2) is 25.6 Å². The van der Waals surface area contributed by atoms with Gasteiger partial charge in [0, 0.05) is 19.6 Å². The van der Waals surface area contributed by atoms with E-state index in [4.69, 9.17) is 0 Å². The highest BCUT2D eigenvalue weighted by Gasteiger charge is 2.15. The van der Waals surface area contributed by atoms with E-state index in [1.54, 1.807) is 0 Å². The van der Waals surface area contributed by atoms with Crippen molar-refractivity contribution in [3.8, 4) is 0 Å². The van der Waals surface area contributed by atoms with E-state index in [1.165, 1.54) is 36.8 Å². The van der Waals surface area contributed by atoms with Gasteiger partial charge in [-0.25, -0.2) is 0 Å². The van der Waals surface area contributed by atoms with Gasteiger partial charge in [0.2, 0.25) is 0 Å². The molecule has 20 heavy (non-hydrogen) atoms. The molecule has 0 amide bonds. The first-order valence-corrected chi connectivity index (χ1v) is 7.30. The lowest BCUT2D eigenvalue weighted by Crippen LogP contribution is -2.42. The second kappa shape index (κ2) is 9.21. The molecule has 1 aliphatic rings. The maximum absolute atomic E-state index is 4.29. The molecule has 2 rings (SSSR count). The van der Waals surface area contributed by atoms with Gasteiger partial charge < -0.3 is 10.6 Å². The molecule has 112 valence electrons. The summed E-state index contributed by atoms with van der Waals surface area (Å²) in [6.45, 7) is 3.06. The molecule has 0 atom stereocenters. The minimum Gasteiger partial charge on any atom is -0.356 e. The Kier molecular flexibility index (Phi) is 7.95. The van der Waals surface area contributed by atoms with Crippen molar-refractivity contribution in [1.82, 2.24) is 10.6 Å². The van der Waals surface area contributed by atoms with Gasteiger partial charge in [0.1, 0.15) is 0 Å². The van der Waals surface area contributed by atoms with Crippen LogP contribution in [0.1, 0.15) is 36.8 Å². The number of aryl methyl sites for hydroxylation is 1. The predicted octanol–water partition coefficient (Wildman–Crippen LogP) is 3.26. The van der Waals surface area contributed by atoms with E-state index in [0.717, 1.165) is 18.9 Å². The summed E-state index contributed by atoms with van der Waals surface area (Å²) in [6.07, 6.45) is 6.28. The van der Waals surface area contributed by atoms with Crippen LogP contribution >= 0.6 is 24.0 Å². The molecule has 0 saturated heterocycles. The molecule has 1 saturated carbocycles. The average molecular weight is 387 g/mol. The number of benzene rings is 1. The summed E-state index contributed by atoms with van der Waals surface area (Å²) in [4.78, 5) is 4.29. The standard InChI is InChI=1S/C16H25N3.HI/c1-13-6-5-7-14(12-13)10-11-18-16(17-2)19-15-8-3-4-9-15;/h5-7,12,15H,3-4,8-11H2,1-2H3,(H2,17,18,19);1H.